The molecule has 0 atom stereocenters. The van der Waals surface area contributed by atoms with Crippen molar-refractivity contribution in [1.82, 2.24) is 0 Å². The van der Waals surface area contributed by atoms with Gasteiger partial charge in [-0.15, -0.1) is 11.6 Å². The van der Waals surface area contributed by atoms with Crippen LogP contribution in [0.3, 0.4) is 0 Å². The van der Waals surface area contributed by atoms with Crippen LogP contribution in [-0.4, -0.2) is 11.7 Å². The van der Waals surface area contributed by atoms with E-state index in [2.05, 4.69) is 0 Å². The van der Waals surface area contributed by atoms with Gasteiger partial charge < -0.3 is 0 Å². The Balaban J connectivity index is 3.29. The minimum absolute atomic E-state index is 0.141. The molecule has 0 unspecified atom stereocenters. The van der Waals surface area contributed by atoms with Crippen molar-refractivity contribution in [3.63, 3.8) is 0 Å². The van der Waals surface area contributed by atoms with Crippen molar-refractivity contribution >= 4 is 17.4 Å². The first-order valence-electron chi connectivity index (χ1n) is 4.86. The van der Waals surface area contributed by atoms with E-state index in [1.165, 1.54) is 0 Å². The molecule has 0 bridgehead atoms. The molecule has 100 valence electrons. The van der Waals surface area contributed by atoms with Crippen molar-refractivity contribution in [3.8, 4) is 0 Å². The fourth-order valence-electron chi connectivity index (χ4n) is 1.38. The van der Waals surface area contributed by atoms with Gasteiger partial charge >= 0.3 is 6.18 Å². The molecule has 0 aliphatic rings. The zero-order valence-corrected chi connectivity index (χ0v) is 9.66. The number of ketones is 1. The van der Waals surface area contributed by atoms with Crippen LogP contribution in [0.5, 0.6) is 0 Å². The van der Waals surface area contributed by atoms with Gasteiger partial charge in [-0.2, -0.15) is 13.2 Å². The number of rotatable bonds is 4. The minimum atomic E-state index is -4.68. The molecule has 7 heteroatoms. The van der Waals surface area contributed by atoms with Crippen molar-refractivity contribution in [2.75, 3.05) is 5.88 Å². The number of carbonyl (C=O) groups excluding carboxylic acids is 1. The standard InChI is InChI=1S/C11H8ClF5O/c12-4-3-9(18)8-5-6(11(15,16)17)1-2-7(8)10(13)14/h1-2,5,10H,3-4H2. The Kier molecular flexibility index (Phi) is 4.67. The first-order valence-corrected chi connectivity index (χ1v) is 5.39. The summed E-state index contributed by atoms with van der Waals surface area (Å²) in [7, 11) is 0. The SMILES string of the molecule is O=C(CCCl)c1cc(C(F)(F)F)ccc1C(F)F. The number of hydrogen-bond acceptors (Lipinski definition) is 1. The highest BCUT2D eigenvalue weighted by Crippen LogP contribution is 2.33. The van der Waals surface area contributed by atoms with E-state index in [0.29, 0.717) is 18.2 Å². The number of carbonyl (C=O) groups is 1. The number of halogens is 6. The second-order valence-electron chi connectivity index (χ2n) is 3.46. The summed E-state index contributed by atoms with van der Waals surface area (Å²) in [4.78, 5) is 11.5. The third-order valence-electron chi connectivity index (χ3n) is 2.24. The highest BCUT2D eigenvalue weighted by atomic mass is 35.5. The molecule has 1 aromatic carbocycles. The van der Waals surface area contributed by atoms with Crippen LogP contribution in [0.15, 0.2) is 18.2 Å². The van der Waals surface area contributed by atoms with E-state index >= 15 is 0 Å². The van der Waals surface area contributed by atoms with E-state index in [1.54, 1.807) is 0 Å². The molecular formula is C11H8ClF5O. The van der Waals surface area contributed by atoms with E-state index in [-0.39, 0.29) is 12.3 Å². The first-order chi connectivity index (χ1) is 8.27. The smallest absolute Gasteiger partial charge is 0.294 e. The lowest BCUT2D eigenvalue weighted by atomic mass is 9.99. The van der Waals surface area contributed by atoms with E-state index in [1.807, 2.05) is 0 Å². The molecule has 1 rings (SSSR count). The lowest BCUT2D eigenvalue weighted by Gasteiger charge is -2.12. The zero-order chi connectivity index (χ0) is 13.9. The molecule has 0 aromatic heterocycles. The quantitative estimate of drug-likeness (QED) is 0.454. The molecule has 0 heterocycles. The maximum Gasteiger partial charge on any atom is 0.416 e. The number of Topliss-reactive ketones (excluding diaryl/α,β-unsaturated/α-hetero) is 1. The molecule has 0 spiro atoms. The topological polar surface area (TPSA) is 17.1 Å². The summed E-state index contributed by atoms with van der Waals surface area (Å²) in [6.07, 6.45) is -7.99. The monoisotopic (exact) mass is 286 g/mol. The van der Waals surface area contributed by atoms with Gasteiger partial charge in [0, 0.05) is 23.4 Å². The summed E-state index contributed by atoms with van der Waals surface area (Å²) in [5, 5.41) is 0. The van der Waals surface area contributed by atoms with Crippen molar-refractivity contribution < 1.29 is 26.7 Å². The molecule has 0 aliphatic carbocycles. The van der Waals surface area contributed by atoms with Gasteiger partial charge in [0.1, 0.15) is 0 Å². The summed E-state index contributed by atoms with van der Waals surface area (Å²) in [6, 6.07) is 1.59. The minimum Gasteiger partial charge on any atom is -0.294 e. The molecular weight excluding hydrogens is 279 g/mol. The third-order valence-corrected chi connectivity index (χ3v) is 2.43. The Bertz CT molecular complexity index is 442. The number of benzene rings is 1. The summed E-state index contributed by atoms with van der Waals surface area (Å²) in [6.45, 7) is 0. The van der Waals surface area contributed by atoms with Crippen LogP contribution < -0.4 is 0 Å². The highest BCUT2D eigenvalue weighted by molar-refractivity contribution is 6.19. The average molecular weight is 287 g/mol. The van der Waals surface area contributed by atoms with E-state index in [4.69, 9.17) is 11.6 Å². The summed E-state index contributed by atoms with van der Waals surface area (Å²) < 4.78 is 62.5. The van der Waals surface area contributed by atoms with Gasteiger partial charge in [-0.25, -0.2) is 8.78 Å². The van der Waals surface area contributed by atoms with Crippen LogP contribution in [0, 0.1) is 0 Å². The van der Waals surface area contributed by atoms with E-state index in [9.17, 15) is 26.7 Å². The Labute approximate surface area is 105 Å². The molecule has 0 amide bonds. The normalized spacial score (nSPS) is 11.9. The van der Waals surface area contributed by atoms with Crippen LogP contribution in [0.4, 0.5) is 22.0 Å². The van der Waals surface area contributed by atoms with Crippen molar-refractivity contribution in [3.05, 3.63) is 34.9 Å². The van der Waals surface area contributed by atoms with Gasteiger partial charge in [-0.1, -0.05) is 6.07 Å². The van der Waals surface area contributed by atoms with Crippen molar-refractivity contribution in [2.24, 2.45) is 0 Å². The van der Waals surface area contributed by atoms with Crippen LogP contribution in [-0.2, 0) is 6.18 Å². The maximum absolute atomic E-state index is 12.6. The Morgan fingerprint density at radius 2 is 1.89 bits per heavy atom. The average Bonchev–Trinajstić information content (AvgIpc) is 2.27. The molecule has 18 heavy (non-hydrogen) atoms. The number of hydrogen-bond donors (Lipinski definition) is 0. The van der Waals surface area contributed by atoms with Gasteiger partial charge in [-0.05, 0) is 12.1 Å². The van der Waals surface area contributed by atoms with Crippen LogP contribution in [0.1, 0.15) is 34.3 Å². The van der Waals surface area contributed by atoms with E-state index in [0.717, 1.165) is 0 Å². The van der Waals surface area contributed by atoms with Gasteiger partial charge in [0.2, 0.25) is 0 Å². The predicted molar refractivity (Wildman–Crippen MR) is 56.1 cm³/mol. The summed E-state index contributed by atoms with van der Waals surface area (Å²) in [5.74, 6) is -0.969. The largest absolute Gasteiger partial charge is 0.416 e. The van der Waals surface area contributed by atoms with Crippen LogP contribution in [0.2, 0.25) is 0 Å². The van der Waals surface area contributed by atoms with Gasteiger partial charge in [0.15, 0.2) is 5.78 Å². The van der Waals surface area contributed by atoms with E-state index < -0.39 is 35.1 Å². The molecule has 0 aliphatic heterocycles. The third kappa shape index (κ3) is 3.41. The van der Waals surface area contributed by atoms with Crippen LogP contribution >= 0.6 is 11.6 Å². The first kappa shape index (κ1) is 14.9. The second kappa shape index (κ2) is 5.65. The molecule has 1 nitrogen and oxygen atoms in total. The Hall–Kier alpha value is -1.17. The molecule has 0 N–H and O–H groups in total. The summed E-state index contributed by atoms with van der Waals surface area (Å²) >= 11 is 5.28. The lowest BCUT2D eigenvalue weighted by molar-refractivity contribution is -0.137. The fraction of sp³-hybridized carbons (Fsp3) is 0.364. The van der Waals surface area contributed by atoms with Crippen molar-refractivity contribution in [1.29, 1.82) is 0 Å². The molecule has 0 radical (unpaired) electrons. The molecule has 0 fully saturated rings. The maximum atomic E-state index is 12.6. The Morgan fingerprint density at radius 1 is 1.28 bits per heavy atom. The molecule has 0 saturated heterocycles. The molecule has 1 aromatic rings. The molecule has 0 saturated carbocycles. The van der Waals surface area contributed by atoms with Gasteiger partial charge in [-0.3, -0.25) is 4.79 Å². The highest BCUT2D eigenvalue weighted by Gasteiger charge is 2.32. The zero-order valence-electron chi connectivity index (χ0n) is 8.90. The van der Waals surface area contributed by atoms with Crippen LogP contribution in [0.25, 0.3) is 0 Å². The Morgan fingerprint density at radius 3 is 2.33 bits per heavy atom. The van der Waals surface area contributed by atoms with Gasteiger partial charge in [0.05, 0.1) is 5.56 Å². The number of alkyl halides is 6. The van der Waals surface area contributed by atoms with Gasteiger partial charge in [0.25, 0.3) is 6.43 Å². The summed E-state index contributed by atoms with van der Waals surface area (Å²) in [5.41, 5.74) is -2.47. The van der Waals surface area contributed by atoms with Crippen molar-refractivity contribution in [2.45, 2.75) is 19.0 Å². The predicted octanol–water partition coefficient (Wildman–Crippen LogP) is 4.45. The fourth-order valence-corrected chi connectivity index (χ4v) is 1.56. The second-order valence-corrected chi connectivity index (χ2v) is 3.84. The lowest BCUT2D eigenvalue weighted by Crippen LogP contribution is -2.10.